The van der Waals surface area contributed by atoms with E-state index in [9.17, 15) is 14.7 Å². The first kappa shape index (κ1) is 27.6. The lowest BCUT2D eigenvalue weighted by molar-refractivity contribution is -0.138. The van der Waals surface area contributed by atoms with Gasteiger partial charge in [0.1, 0.15) is 0 Å². The lowest BCUT2D eigenvalue weighted by Crippen LogP contribution is -2.36. The van der Waals surface area contributed by atoms with Crippen LogP contribution >= 0.6 is 15.9 Å². The Kier molecular flexibility index (Phi) is 8.35. The van der Waals surface area contributed by atoms with Gasteiger partial charge in [-0.15, -0.1) is 0 Å². The molecular weight excluding hydrogens is 554 g/mol. The highest BCUT2D eigenvalue weighted by molar-refractivity contribution is 9.10. The van der Waals surface area contributed by atoms with Crippen LogP contribution in [-0.2, 0) is 14.3 Å². The molecule has 0 radical (unpaired) electrons. The van der Waals surface area contributed by atoms with Crippen molar-refractivity contribution in [2.75, 3.05) is 27.4 Å². The van der Waals surface area contributed by atoms with E-state index in [0.29, 0.717) is 51.4 Å². The summed E-state index contributed by atoms with van der Waals surface area (Å²) in [5.41, 5.74) is 3.88. The molecule has 4 rings (SSSR count). The van der Waals surface area contributed by atoms with Gasteiger partial charge in [-0.3, -0.25) is 4.79 Å². The molecule has 0 bridgehead atoms. The largest absolute Gasteiger partial charge is 0.503 e. The van der Waals surface area contributed by atoms with Crippen LogP contribution in [0, 0.1) is 0 Å². The molecule has 8 nitrogen and oxygen atoms in total. The highest BCUT2D eigenvalue weighted by Gasteiger charge is 2.42. The molecule has 2 aliphatic rings. The van der Waals surface area contributed by atoms with E-state index in [4.69, 9.17) is 18.9 Å². The topological polar surface area (TPSA) is 103 Å². The summed E-state index contributed by atoms with van der Waals surface area (Å²) >= 11 is 3.40. The minimum absolute atomic E-state index is 0.0411. The summed E-state index contributed by atoms with van der Waals surface area (Å²) < 4.78 is 22.3. The smallest absolute Gasteiger partial charge is 0.336 e. The zero-order chi connectivity index (χ0) is 27.6. The van der Waals surface area contributed by atoms with E-state index >= 15 is 0 Å². The number of dihydropyridines is 1. The van der Waals surface area contributed by atoms with Crippen LogP contribution in [0.3, 0.4) is 0 Å². The number of esters is 1. The number of ether oxygens (including phenoxy) is 4. The van der Waals surface area contributed by atoms with Crippen LogP contribution in [0.1, 0.15) is 56.6 Å². The molecule has 0 unspecified atom stereocenters. The number of phenols is 1. The number of hydrogen-bond donors (Lipinski definition) is 2. The highest BCUT2D eigenvalue weighted by Crippen LogP contribution is 2.48. The molecule has 0 saturated carbocycles. The predicted molar refractivity (Wildman–Crippen MR) is 146 cm³/mol. The Bertz CT molecular complexity index is 1330. The molecular formula is C29H32BrNO7. The third-order valence-electron chi connectivity index (χ3n) is 6.89. The van der Waals surface area contributed by atoms with Crippen molar-refractivity contribution in [3.63, 3.8) is 0 Å². The molecule has 0 amide bonds. The van der Waals surface area contributed by atoms with Crippen molar-refractivity contribution < 1.29 is 33.6 Å². The SMILES string of the molecule is CCOC(=O)C1=C(C)NC2=C(C(=O)C[C@@H](c3ccc(OC)c(OC)c3)C2)[C@@H]1c1cc(Br)c(O)c(OCC)c1. The average molecular weight is 586 g/mol. The lowest BCUT2D eigenvalue weighted by Gasteiger charge is -2.37. The van der Waals surface area contributed by atoms with Crippen molar-refractivity contribution in [3.8, 4) is 23.0 Å². The van der Waals surface area contributed by atoms with Gasteiger partial charge in [-0.05, 0) is 84.4 Å². The fourth-order valence-electron chi connectivity index (χ4n) is 5.22. The summed E-state index contributed by atoms with van der Waals surface area (Å²) in [5, 5.41) is 13.8. The van der Waals surface area contributed by atoms with Gasteiger partial charge in [0.25, 0.3) is 0 Å². The van der Waals surface area contributed by atoms with Gasteiger partial charge in [0.2, 0.25) is 0 Å². The summed E-state index contributed by atoms with van der Waals surface area (Å²) in [4.78, 5) is 27.0. The summed E-state index contributed by atoms with van der Waals surface area (Å²) in [7, 11) is 3.17. The predicted octanol–water partition coefficient (Wildman–Crippen LogP) is 5.50. The quantitative estimate of drug-likeness (QED) is 0.392. The number of nitrogens with one attached hydrogen (secondary N) is 1. The van der Waals surface area contributed by atoms with Gasteiger partial charge >= 0.3 is 5.97 Å². The Balaban J connectivity index is 1.83. The van der Waals surface area contributed by atoms with Crippen LogP contribution in [0.5, 0.6) is 23.0 Å². The Hall–Kier alpha value is -3.46. The van der Waals surface area contributed by atoms with Gasteiger partial charge in [0.15, 0.2) is 28.8 Å². The molecule has 2 atom stereocenters. The van der Waals surface area contributed by atoms with Crippen molar-refractivity contribution in [1.82, 2.24) is 5.32 Å². The number of ketones is 1. The van der Waals surface area contributed by atoms with Crippen LogP contribution in [0.25, 0.3) is 0 Å². The Morgan fingerprint density at radius 2 is 1.74 bits per heavy atom. The maximum Gasteiger partial charge on any atom is 0.336 e. The maximum absolute atomic E-state index is 13.8. The van der Waals surface area contributed by atoms with Crippen molar-refractivity contribution in [2.45, 2.75) is 45.4 Å². The number of carbonyl (C=O) groups excluding carboxylic acids is 2. The number of Topliss-reactive ketones (excluding diaryl/α,β-unsaturated/α-hetero) is 1. The van der Waals surface area contributed by atoms with E-state index < -0.39 is 11.9 Å². The molecule has 0 fully saturated rings. The molecule has 2 aromatic rings. The third-order valence-corrected chi connectivity index (χ3v) is 7.49. The van der Waals surface area contributed by atoms with Gasteiger partial charge in [0.05, 0.1) is 37.5 Å². The lowest BCUT2D eigenvalue weighted by atomic mass is 9.71. The van der Waals surface area contributed by atoms with Crippen molar-refractivity contribution in [2.24, 2.45) is 0 Å². The number of phenolic OH excluding ortho intramolecular Hbond substituents is 1. The van der Waals surface area contributed by atoms with Gasteiger partial charge in [-0.1, -0.05) is 6.07 Å². The number of allylic oxidation sites excluding steroid dienone is 3. The average Bonchev–Trinajstić information content (AvgIpc) is 2.89. The number of hydrogen-bond acceptors (Lipinski definition) is 8. The number of halogens is 1. The van der Waals surface area contributed by atoms with Crippen molar-refractivity contribution in [3.05, 3.63) is 68.5 Å². The molecule has 0 spiro atoms. The molecule has 202 valence electrons. The van der Waals surface area contributed by atoms with Gasteiger partial charge < -0.3 is 29.4 Å². The van der Waals surface area contributed by atoms with Gasteiger partial charge in [-0.2, -0.15) is 0 Å². The first-order valence-electron chi connectivity index (χ1n) is 12.5. The second-order valence-electron chi connectivity index (χ2n) is 9.13. The summed E-state index contributed by atoms with van der Waals surface area (Å²) in [5.74, 6) is 0.119. The number of rotatable bonds is 8. The molecule has 2 aromatic carbocycles. The Labute approximate surface area is 230 Å². The molecule has 2 N–H and O–H groups in total. The van der Waals surface area contributed by atoms with Crippen molar-refractivity contribution >= 4 is 27.7 Å². The van der Waals surface area contributed by atoms with E-state index in [1.165, 1.54) is 0 Å². The van der Waals surface area contributed by atoms with E-state index in [2.05, 4.69) is 21.2 Å². The fraction of sp³-hybridized carbons (Fsp3) is 0.379. The third kappa shape index (κ3) is 5.12. The number of aromatic hydroxyl groups is 1. The molecule has 1 aliphatic carbocycles. The maximum atomic E-state index is 13.8. The summed E-state index contributed by atoms with van der Waals surface area (Å²) in [6.45, 7) is 5.92. The molecule has 0 saturated heterocycles. The minimum Gasteiger partial charge on any atom is -0.503 e. The highest BCUT2D eigenvalue weighted by atomic mass is 79.9. The first-order valence-corrected chi connectivity index (χ1v) is 13.3. The monoisotopic (exact) mass is 585 g/mol. The first-order chi connectivity index (χ1) is 18.2. The zero-order valence-electron chi connectivity index (χ0n) is 22.1. The van der Waals surface area contributed by atoms with Crippen LogP contribution in [0.15, 0.2) is 57.3 Å². The molecule has 9 heteroatoms. The summed E-state index contributed by atoms with van der Waals surface area (Å²) in [6, 6.07) is 9.10. The molecule has 1 aliphatic heterocycles. The second-order valence-corrected chi connectivity index (χ2v) is 9.99. The Morgan fingerprint density at radius 1 is 1.03 bits per heavy atom. The normalized spacial score (nSPS) is 19.1. The molecule has 1 heterocycles. The number of benzene rings is 2. The van der Waals surface area contributed by atoms with Crippen LogP contribution in [0.4, 0.5) is 0 Å². The van der Waals surface area contributed by atoms with Crippen LogP contribution < -0.4 is 19.5 Å². The summed E-state index contributed by atoms with van der Waals surface area (Å²) in [6.07, 6.45) is 0.831. The molecule has 0 aromatic heterocycles. The zero-order valence-corrected chi connectivity index (χ0v) is 23.7. The van der Waals surface area contributed by atoms with E-state index in [1.54, 1.807) is 33.3 Å². The van der Waals surface area contributed by atoms with Crippen LogP contribution in [-0.4, -0.2) is 44.3 Å². The molecule has 38 heavy (non-hydrogen) atoms. The standard InChI is InChI=1S/C29H32BrNO7/c1-6-37-24-14-18(10-19(30)28(24)33)26-25(29(34)38-7-2)15(3)31-20-11-17(12-21(32)27(20)26)16-8-9-22(35-4)23(13-16)36-5/h8-10,13-14,17,26,31,33H,6-7,11-12H2,1-5H3/t17-,26+/m0/s1. The van der Waals surface area contributed by atoms with Gasteiger partial charge in [0, 0.05) is 29.3 Å². The van der Waals surface area contributed by atoms with E-state index in [-0.39, 0.29) is 36.2 Å². The van der Waals surface area contributed by atoms with E-state index in [0.717, 1.165) is 11.3 Å². The fourth-order valence-corrected chi connectivity index (χ4v) is 5.68. The number of carbonyl (C=O) groups is 2. The van der Waals surface area contributed by atoms with E-state index in [1.807, 2.05) is 32.0 Å². The minimum atomic E-state index is -0.680. The van der Waals surface area contributed by atoms with Crippen LogP contribution in [0.2, 0.25) is 0 Å². The van der Waals surface area contributed by atoms with Gasteiger partial charge in [-0.25, -0.2) is 4.79 Å². The second kappa shape index (κ2) is 11.5. The Morgan fingerprint density at radius 3 is 2.39 bits per heavy atom. The number of methoxy groups -OCH3 is 2. The van der Waals surface area contributed by atoms with Crippen molar-refractivity contribution in [1.29, 1.82) is 0 Å².